The smallest absolute Gasteiger partial charge is 0.251 e. The summed E-state index contributed by atoms with van der Waals surface area (Å²) in [6, 6.07) is 13.6. The first-order chi connectivity index (χ1) is 18.9. The summed E-state index contributed by atoms with van der Waals surface area (Å²) in [6.45, 7) is 7.32. The second-order valence-electron chi connectivity index (χ2n) is 9.65. The van der Waals surface area contributed by atoms with Crippen LogP contribution in [0.25, 0.3) is 22.2 Å². The third-order valence-corrected chi connectivity index (χ3v) is 7.15. The van der Waals surface area contributed by atoms with Gasteiger partial charge in [0.25, 0.3) is 5.91 Å². The minimum Gasteiger partial charge on any atom is -0.369 e. The normalized spacial score (nSPS) is 13.9. The molecule has 10 nitrogen and oxygen atoms in total. The topological polar surface area (TPSA) is 116 Å². The molecule has 40 heavy (non-hydrogen) atoms. The zero-order valence-electron chi connectivity index (χ0n) is 22.9. The van der Waals surface area contributed by atoms with Gasteiger partial charge in [-0.25, -0.2) is 15.0 Å². The molecule has 1 saturated heterocycles. The van der Waals surface area contributed by atoms with Gasteiger partial charge in [-0.2, -0.15) is 13.5 Å². The minimum absolute atomic E-state index is 0. The molecule has 0 unspecified atom stereocenters. The third kappa shape index (κ3) is 6.15. The average Bonchev–Trinajstić information content (AvgIpc) is 2.99. The van der Waals surface area contributed by atoms with Gasteiger partial charge in [0, 0.05) is 82.0 Å². The number of amides is 2. The number of nitrogens with one attached hydrogen (secondary N) is 2. The Hall–Kier alpha value is -4.25. The molecule has 0 spiro atoms. The number of para-hydroxylation sites is 1. The number of hydrogen-bond acceptors (Lipinski definition) is 8. The second-order valence-corrected chi connectivity index (χ2v) is 9.65. The number of pyridine rings is 2. The summed E-state index contributed by atoms with van der Waals surface area (Å²) in [4.78, 5) is 46.0. The van der Waals surface area contributed by atoms with Crippen LogP contribution in [0, 0.1) is 0 Å². The summed E-state index contributed by atoms with van der Waals surface area (Å²) < 4.78 is 0. The van der Waals surface area contributed by atoms with E-state index in [0.717, 1.165) is 52.4 Å². The number of aromatic nitrogens is 4. The van der Waals surface area contributed by atoms with Crippen LogP contribution in [-0.4, -0.2) is 76.4 Å². The highest BCUT2D eigenvalue weighted by Gasteiger charge is 2.20. The lowest BCUT2D eigenvalue weighted by molar-refractivity contribution is -0.129. The molecular weight excluding hydrogens is 524 g/mol. The SMILES string of the molecule is CNC(=O)c1ccnc2c([C@H](C)CNc3cc(-c4ccc(N5CCN(C(C)=O)CC5)nc4)ncn3)cccc12.S. The van der Waals surface area contributed by atoms with Crippen LogP contribution < -0.4 is 15.5 Å². The van der Waals surface area contributed by atoms with Crippen molar-refractivity contribution in [3.63, 3.8) is 0 Å². The van der Waals surface area contributed by atoms with Crippen molar-refractivity contribution in [2.75, 3.05) is 50.0 Å². The van der Waals surface area contributed by atoms with Crippen LogP contribution in [0.4, 0.5) is 11.6 Å². The summed E-state index contributed by atoms with van der Waals surface area (Å²) in [7, 11) is 1.63. The van der Waals surface area contributed by atoms with E-state index in [-0.39, 0.29) is 31.2 Å². The summed E-state index contributed by atoms with van der Waals surface area (Å²) >= 11 is 0. The Labute approximate surface area is 240 Å². The maximum absolute atomic E-state index is 12.3. The fourth-order valence-electron chi connectivity index (χ4n) is 4.88. The molecule has 1 atom stereocenters. The Morgan fingerprint density at radius 1 is 1.00 bits per heavy atom. The predicted molar refractivity (Wildman–Crippen MR) is 162 cm³/mol. The van der Waals surface area contributed by atoms with Gasteiger partial charge in [0.15, 0.2) is 0 Å². The number of nitrogens with zero attached hydrogens (tertiary/aromatic N) is 6. The Morgan fingerprint density at radius 2 is 1.80 bits per heavy atom. The molecule has 0 bridgehead atoms. The molecular formula is C29H34N8O2S. The molecule has 4 heterocycles. The van der Waals surface area contributed by atoms with Gasteiger partial charge >= 0.3 is 0 Å². The lowest BCUT2D eigenvalue weighted by Crippen LogP contribution is -2.48. The van der Waals surface area contributed by atoms with Gasteiger partial charge in [-0.15, -0.1) is 0 Å². The quantitative estimate of drug-likeness (QED) is 0.354. The molecule has 5 rings (SSSR count). The third-order valence-electron chi connectivity index (χ3n) is 7.15. The van der Waals surface area contributed by atoms with Crippen LogP contribution in [0.3, 0.4) is 0 Å². The number of rotatable bonds is 7. The van der Waals surface area contributed by atoms with Gasteiger partial charge in [0.2, 0.25) is 5.91 Å². The molecule has 1 aliphatic rings. The second kappa shape index (κ2) is 12.7. The lowest BCUT2D eigenvalue weighted by Gasteiger charge is -2.34. The molecule has 0 aliphatic carbocycles. The molecule has 1 aliphatic heterocycles. The van der Waals surface area contributed by atoms with Crippen LogP contribution >= 0.6 is 13.5 Å². The van der Waals surface area contributed by atoms with Crippen molar-refractivity contribution in [2.24, 2.45) is 0 Å². The van der Waals surface area contributed by atoms with Gasteiger partial charge in [-0.3, -0.25) is 14.6 Å². The highest BCUT2D eigenvalue weighted by Crippen LogP contribution is 2.27. The summed E-state index contributed by atoms with van der Waals surface area (Å²) in [5, 5.41) is 6.96. The van der Waals surface area contributed by atoms with Gasteiger partial charge in [-0.1, -0.05) is 25.1 Å². The summed E-state index contributed by atoms with van der Waals surface area (Å²) in [5.74, 6) is 1.72. The predicted octanol–water partition coefficient (Wildman–Crippen LogP) is 3.44. The number of carbonyl (C=O) groups is 2. The van der Waals surface area contributed by atoms with E-state index in [1.807, 2.05) is 47.5 Å². The number of anilines is 2. The fourth-order valence-corrected chi connectivity index (χ4v) is 4.88. The molecule has 4 aromatic rings. The monoisotopic (exact) mass is 558 g/mol. The first-order valence-corrected chi connectivity index (χ1v) is 13.1. The molecule has 2 amide bonds. The molecule has 11 heteroatoms. The van der Waals surface area contributed by atoms with Gasteiger partial charge in [-0.05, 0) is 23.8 Å². The van der Waals surface area contributed by atoms with E-state index in [1.54, 1.807) is 32.6 Å². The van der Waals surface area contributed by atoms with Crippen LogP contribution in [0.5, 0.6) is 0 Å². The Bertz CT molecular complexity index is 1490. The first-order valence-electron chi connectivity index (χ1n) is 13.1. The maximum atomic E-state index is 12.3. The van der Waals surface area contributed by atoms with Gasteiger partial charge in [0.1, 0.15) is 18.0 Å². The van der Waals surface area contributed by atoms with Crippen LogP contribution in [-0.2, 0) is 4.79 Å². The number of benzene rings is 1. The highest BCUT2D eigenvalue weighted by atomic mass is 32.1. The number of fused-ring (bicyclic) bond motifs is 1. The summed E-state index contributed by atoms with van der Waals surface area (Å²) in [6.07, 6.45) is 5.05. The molecule has 3 aromatic heterocycles. The van der Waals surface area contributed by atoms with Crippen molar-refractivity contribution in [1.82, 2.24) is 30.2 Å². The van der Waals surface area contributed by atoms with E-state index in [9.17, 15) is 9.59 Å². The lowest BCUT2D eigenvalue weighted by atomic mass is 9.96. The van der Waals surface area contributed by atoms with E-state index < -0.39 is 0 Å². The van der Waals surface area contributed by atoms with Crippen molar-refractivity contribution in [1.29, 1.82) is 0 Å². The Morgan fingerprint density at radius 3 is 2.50 bits per heavy atom. The minimum atomic E-state index is -0.128. The fraction of sp³-hybridized carbons (Fsp3) is 0.310. The maximum Gasteiger partial charge on any atom is 0.251 e. The largest absolute Gasteiger partial charge is 0.369 e. The zero-order valence-corrected chi connectivity index (χ0v) is 23.9. The number of piperazine rings is 1. The first kappa shape index (κ1) is 28.8. The van der Waals surface area contributed by atoms with E-state index in [4.69, 9.17) is 0 Å². The van der Waals surface area contributed by atoms with Crippen LogP contribution in [0.2, 0.25) is 0 Å². The zero-order chi connectivity index (χ0) is 27.4. The number of hydrogen-bond donors (Lipinski definition) is 2. The molecule has 0 radical (unpaired) electrons. The van der Waals surface area contributed by atoms with Crippen molar-refractivity contribution >= 4 is 47.8 Å². The molecule has 208 valence electrons. The van der Waals surface area contributed by atoms with E-state index in [2.05, 4.69) is 42.4 Å². The Balaban J connectivity index is 0.00000370. The van der Waals surface area contributed by atoms with E-state index in [1.165, 1.54) is 0 Å². The van der Waals surface area contributed by atoms with Crippen LogP contribution in [0.1, 0.15) is 35.7 Å². The Kier molecular flexibility index (Phi) is 9.15. The molecule has 2 N–H and O–H groups in total. The molecule has 0 saturated carbocycles. The highest BCUT2D eigenvalue weighted by molar-refractivity contribution is 7.59. The van der Waals surface area contributed by atoms with Crippen LogP contribution in [0.15, 0.2) is 61.2 Å². The van der Waals surface area contributed by atoms with E-state index >= 15 is 0 Å². The number of carbonyl (C=O) groups excluding carboxylic acids is 2. The summed E-state index contributed by atoms with van der Waals surface area (Å²) in [5.41, 5.74) is 4.18. The van der Waals surface area contributed by atoms with Crippen molar-refractivity contribution in [3.05, 3.63) is 72.3 Å². The van der Waals surface area contributed by atoms with Crippen molar-refractivity contribution in [2.45, 2.75) is 19.8 Å². The van der Waals surface area contributed by atoms with Crippen molar-refractivity contribution in [3.8, 4) is 11.3 Å². The van der Waals surface area contributed by atoms with Gasteiger partial charge in [0.05, 0.1) is 16.8 Å². The van der Waals surface area contributed by atoms with Gasteiger partial charge < -0.3 is 20.4 Å². The standard InChI is InChI=1S/C29H32N8O2.H2S/c1-19(22-5-4-6-23-24(29(39)30-3)9-10-31-28(22)23)16-32-26-15-25(34-18-35-26)21-7-8-27(33-17-21)37-13-11-36(12-14-37)20(2)38;/h4-10,15,17-19H,11-14,16H2,1-3H3,(H,30,39)(H,32,34,35);1H2/t19-;/m1./s1. The molecule has 1 fully saturated rings. The average molecular weight is 559 g/mol. The van der Waals surface area contributed by atoms with Crippen molar-refractivity contribution < 1.29 is 9.59 Å². The molecule has 1 aromatic carbocycles. The van der Waals surface area contributed by atoms with E-state index in [0.29, 0.717) is 25.2 Å².